The number of benzene rings is 3. The molecular weight excluding hydrogens is 372 g/mol. The summed E-state index contributed by atoms with van der Waals surface area (Å²) < 4.78 is 5.85. The average Bonchev–Trinajstić information content (AvgIpc) is 2.77. The van der Waals surface area contributed by atoms with Crippen molar-refractivity contribution in [3.8, 4) is 28.7 Å². The van der Waals surface area contributed by atoms with E-state index in [0.29, 0.717) is 12.3 Å². The molecule has 0 radical (unpaired) electrons. The molecular formula is C26H26N2O2. The molecule has 0 saturated carbocycles. The van der Waals surface area contributed by atoms with E-state index in [2.05, 4.69) is 19.9 Å². The van der Waals surface area contributed by atoms with Crippen LogP contribution in [0.1, 0.15) is 26.7 Å². The zero-order valence-corrected chi connectivity index (χ0v) is 17.4. The van der Waals surface area contributed by atoms with Crippen LogP contribution in [0.5, 0.6) is 11.5 Å². The second-order valence-electron chi connectivity index (χ2n) is 7.56. The third kappa shape index (κ3) is 5.71. The van der Waals surface area contributed by atoms with E-state index >= 15 is 0 Å². The largest absolute Gasteiger partial charge is 0.457 e. The molecule has 0 unspecified atom stereocenters. The highest BCUT2D eigenvalue weighted by Crippen LogP contribution is 2.28. The Morgan fingerprint density at radius 3 is 2.30 bits per heavy atom. The summed E-state index contributed by atoms with van der Waals surface area (Å²) in [5.41, 5.74) is 2.74. The molecule has 3 aromatic carbocycles. The lowest BCUT2D eigenvalue weighted by Crippen LogP contribution is -2.31. The van der Waals surface area contributed by atoms with Crippen molar-refractivity contribution in [3.63, 3.8) is 0 Å². The van der Waals surface area contributed by atoms with Gasteiger partial charge in [-0.05, 0) is 59.9 Å². The van der Waals surface area contributed by atoms with Gasteiger partial charge in [-0.25, -0.2) is 0 Å². The Bertz CT molecular complexity index is 1010. The molecule has 0 atom stereocenters. The predicted octanol–water partition coefficient (Wildman–Crippen LogP) is 6.44. The van der Waals surface area contributed by atoms with Crippen LogP contribution in [0.3, 0.4) is 0 Å². The van der Waals surface area contributed by atoms with Gasteiger partial charge >= 0.3 is 0 Å². The number of hydrogen-bond donors (Lipinski definition) is 0. The number of para-hydroxylation sites is 1. The van der Waals surface area contributed by atoms with Crippen LogP contribution in [0.4, 0.5) is 5.69 Å². The minimum absolute atomic E-state index is 0.0194. The molecule has 4 nitrogen and oxygen atoms in total. The van der Waals surface area contributed by atoms with E-state index in [4.69, 9.17) is 4.74 Å². The molecule has 0 fully saturated rings. The summed E-state index contributed by atoms with van der Waals surface area (Å²) in [6.07, 6.45) is 1.25. The number of hydrogen-bond acceptors (Lipinski definition) is 3. The van der Waals surface area contributed by atoms with E-state index in [0.717, 1.165) is 34.7 Å². The second kappa shape index (κ2) is 10.3. The molecule has 0 saturated heterocycles. The molecule has 152 valence electrons. The number of rotatable bonds is 8. The SMILES string of the molecule is CC(C)CCC(=O)N(CC#N)c1cccc(-c2ccc(Oc3ccccc3)cc2)c1. The number of amides is 1. The molecule has 1 amide bonds. The van der Waals surface area contributed by atoms with Gasteiger partial charge in [0.15, 0.2) is 0 Å². The van der Waals surface area contributed by atoms with Crippen molar-refractivity contribution in [2.45, 2.75) is 26.7 Å². The third-order valence-electron chi connectivity index (χ3n) is 4.79. The summed E-state index contributed by atoms with van der Waals surface area (Å²) in [6.45, 7) is 4.23. The van der Waals surface area contributed by atoms with Gasteiger partial charge in [-0.15, -0.1) is 0 Å². The van der Waals surface area contributed by atoms with Crippen molar-refractivity contribution < 1.29 is 9.53 Å². The minimum atomic E-state index is -0.0194. The van der Waals surface area contributed by atoms with Crippen LogP contribution in [0.2, 0.25) is 0 Å². The lowest BCUT2D eigenvalue weighted by atomic mass is 10.0. The van der Waals surface area contributed by atoms with E-state index in [1.807, 2.05) is 78.9 Å². The second-order valence-corrected chi connectivity index (χ2v) is 7.56. The maximum absolute atomic E-state index is 12.7. The first-order valence-electron chi connectivity index (χ1n) is 10.2. The zero-order chi connectivity index (χ0) is 21.3. The van der Waals surface area contributed by atoms with Crippen LogP contribution in [0.25, 0.3) is 11.1 Å². The van der Waals surface area contributed by atoms with E-state index < -0.39 is 0 Å². The molecule has 0 heterocycles. The Hall–Kier alpha value is -3.58. The minimum Gasteiger partial charge on any atom is -0.457 e. The van der Waals surface area contributed by atoms with Crippen LogP contribution >= 0.6 is 0 Å². The van der Waals surface area contributed by atoms with Crippen LogP contribution in [-0.4, -0.2) is 12.5 Å². The Morgan fingerprint density at radius 1 is 0.933 bits per heavy atom. The van der Waals surface area contributed by atoms with Crippen molar-refractivity contribution in [2.75, 3.05) is 11.4 Å². The fourth-order valence-corrected chi connectivity index (χ4v) is 3.13. The van der Waals surface area contributed by atoms with Crippen molar-refractivity contribution in [1.82, 2.24) is 0 Å². The van der Waals surface area contributed by atoms with Crippen LogP contribution < -0.4 is 9.64 Å². The lowest BCUT2D eigenvalue weighted by molar-refractivity contribution is -0.118. The van der Waals surface area contributed by atoms with E-state index in [1.54, 1.807) is 4.90 Å². The Morgan fingerprint density at radius 2 is 1.63 bits per heavy atom. The summed E-state index contributed by atoms with van der Waals surface area (Å²) >= 11 is 0. The van der Waals surface area contributed by atoms with Crippen molar-refractivity contribution >= 4 is 11.6 Å². The molecule has 4 heteroatoms. The van der Waals surface area contributed by atoms with Gasteiger partial charge in [-0.3, -0.25) is 9.69 Å². The fourth-order valence-electron chi connectivity index (χ4n) is 3.13. The number of carbonyl (C=O) groups excluding carboxylic acids is 1. The zero-order valence-electron chi connectivity index (χ0n) is 17.4. The Balaban J connectivity index is 1.78. The van der Waals surface area contributed by atoms with Gasteiger partial charge in [0, 0.05) is 12.1 Å². The van der Waals surface area contributed by atoms with Crippen LogP contribution in [-0.2, 0) is 4.79 Å². The summed E-state index contributed by atoms with van der Waals surface area (Å²) in [4.78, 5) is 14.2. The molecule has 0 bridgehead atoms. The number of nitrogens with zero attached hydrogens (tertiary/aromatic N) is 2. The van der Waals surface area contributed by atoms with E-state index in [1.165, 1.54) is 0 Å². The highest BCUT2D eigenvalue weighted by molar-refractivity contribution is 5.94. The van der Waals surface area contributed by atoms with Gasteiger partial charge in [0.2, 0.25) is 5.91 Å². The van der Waals surface area contributed by atoms with Gasteiger partial charge in [0.1, 0.15) is 18.0 Å². The number of ether oxygens (including phenoxy) is 1. The third-order valence-corrected chi connectivity index (χ3v) is 4.79. The lowest BCUT2D eigenvalue weighted by Gasteiger charge is -2.21. The molecule has 0 aliphatic rings. The fraction of sp³-hybridized carbons (Fsp3) is 0.231. The Kier molecular flexibility index (Phi) is 7.24. The van der Waals surface area contributed by atoms with Gasteiger partial charge in [0.25, 0.3) is 0 Å². The molecule has 0 aliphatic carbocycles. The van der Waals surface area contributed by atoms with Crippen molar-refractivity contribution in [2.24, 2.45) is 5.92 Å². The van der Waals surface area contributed by atoms with Gasteiger partial charge in [0.05, 0.1) is 6.07 Å². The van der Waals surface area contributed by atoms with Crippen molar-refractivity contribution in [3.05, 3.63) is 78.9 Å². The molecule has 3 aromatic rings. The van der Waals surface area contributed by atoms with E-state index in [-0.39, 0.29) is 12.5 Å². The quantitative estimate of drug-likeness (QED) is 0.410. The maximum Gasteiger partial charge on any atom is 0.227 e. The van der Waals surface area contributed by atoms with Crippen molar-refractivity contribution in [1.29, 1.82) is 5.26 Å². The number of carbonyl (C=O) groups is 1. The number of anilines is 1. The van der Waals surface area contributed by atoms with Gasteiger partial charge < -0.3 is 4.74 Å². The van der Waals surface area contributed by atoms with E-state index in [9.17, 15) is 10.1 Å². The first-order valence-corrected chi connectivity index (χ1v) is 10.2. The first kappa shape index (κ1) is 21.1. The topological polar surface area (TPSA) is 53.3 Å². The summed E-state index contributed by atoms with van der Waals surface area (Å²) in [5.74, 6) is 1.98. The summed E-state index contributed by atoms with van der Waals surface area (Å²) in [7, 11) is 0. The molecule has 0 aliphatic heterocycles. The van der Waals surface area contributed by atoms with Crippen LogP contribution in [0, 0.1) is 17.2 Å². The number of nitriles is 1. The maximum atomic E-state index is 12.7. The monoisotopic (exact) mass is 398 g/mol. The first-order chi connectivity index (χ1) is 14.6. The average molecular weight is 399 g/mol. The molecule has 0 N–H and O–H groups in total. The standard InChI is InChI=1S/C26H26N2O2/c1-20(2)11-16-26(29)28(18-17-27)23-8-6-7-22(19-23)21-12-14-25(15-13-21)30-24-9-4-3-5-10-24/h3-10,12-15,19-20H,11,16,18H2,1-2H3. The summed E-state index contributed by atoms with van der Waals surface area (Å²) in [6, 6.07) is 27.3. The predicted molar refractivity (Wildman–Crippen MR) is 120 cm³/mol. The highest BCUT2D eigenvalue weighted by atomic mass is 16.5. The molecule has 0 aromatic heterocycles. The Labute approximate surface area is 178 Å². The smallest absolute Gasteiger partial charge is 0.227 e. The van der Waals surface area contributed by atoms with Crippen LogP contribution in [0.15, 0.2) is 78.9 Å². The normalized spacial score (nSPS) is 10.5. The van der Waals surface area contributed by atoms with Gasteiger partial charge in [-0.2, -0.15) is 5.26 Å². The molecule has 3 rings (SSSR count). The van der Waals surface area contributed by atoms with Gasteiger partial charge in [-0.1, -0.05) is 56.3 Å². The highest BCUT2D eigenvalue weighted by Gasteiger charge is 2.16. The molecule has 0 spiro atoms. The molecule has 30 heavy (non-hydrogen) atoms. The summed E-state index contributed by atoms with van der Waals surface area (Å²) in [5, 5.41) is 9.20.